The molecule has 0 aliphatic carbocycles. The van der Waals surface area contributed by atoms with Gasteiger partial charge < -0.3 is 34.6 Å². The number of rotatable bonds is 6. The third kappa shape index (κ3) is 5.24. The first-order valence-electron chi connectivity index (χ1n) is 8.88. The highest BCUT2D eigenvalue weighted by atomic mass is 35.5. The van der Waals surface area contributed by atoms with Gasteiger partial charge >= 0.3 is 5.97 Å². The molecule has 0 radical (unpaired) electrons. The van der Waals surface area contributed by atoms with Gasteiger partial charge in [0, 0.05) is 5.02 Å². The minimum Gasteiger partial charge on any atom is -0.489 e. The van der Waals surface area contributed by atoms with Crippen LogP contribution in [0.3, 0.4) is 0 Å². The van der Waals surface area contributed by atoms with Crippen molar-refractivity contribution >= 4 is 17.6 Å². The van der Waals surface area contributed by atoms with Crippen molar-refractivity contribution in [3.63, 3.8) is 0 Å². The monoisotopic (exact) mass is 424 g/mol. The molecule has 1 heterocycles. The number of carbonyl (C=O) groups excluding carboxylic acids is 1. The Balaban J connectivity index is 1.69. The molecule has 8 nitrogen and oxygen atoms in total. The van der Waals surface area contributed by atoms with Crippen LogP contribution in [-0.4, -0.2) is 63.7 Å². The van der Waals surface area contributed by atoms with Gasteiger partial charge in [0.1, 0.15) is 30.7 Å². The average Bonchev–Trinajstić information content (AvgIpc) is 2.72. The zero-order valence-electron chi connectivity index (χ0n) is 15.2. The predicted octanol–water partition coefficient (Wildman–Crippen LogP) is 0.876. The molecule has 2 aromatic rings. The molecule has 1 saturated heterocycles. The Hall–Kier alpha value is -2.20. The lowest BCUT2D eigenvalue weighted by Gasteiger charge is -2.39. The van der Waals surface area contributed by atoms with Crippen LogP contribution in [0, 0.1) is 0 Å². The lowest BCUT2D eigenvalue weighted by molar-refractivity contribution is -0.285. The fourth-order valence-electron chi connectivity index (χ4n) is 2.90. The number of hydrogen-bond acceptors (Lipinski definition) is 8. The number of carbonyl (C=O) groups is 1. The molecule has 156 valence electrons. The predicted molar refractivity (Wildman–Crippen MR) is 101 cm³/mol. The zero-order chi connectivity index (χ0) is 21.0. The molecule has 1 unspecified atom stereocenters. The van der Waals surface area contributed by atoms with Gasteiger partial charge in [0.25, 0.3) is 0 Å². The Bertz CT molecular complexity index is 830. The lowest BCUT2D eigenvalue weighted by atomic mass is 9.99. The number of benzene rings is 2. The lowest BCUT2D eigenvalue weighted by Crippen LogP contribution is -2.59. The summed E-state index contributed by atoms with van der Waals surface area (Å²) in [5, 5.41) is 39.3. The van der Waals surface area contributed by atoms with E-state index >= 15 is 0 Å². The fraction of sp³-hybridized carbons (Fsp3) is 0.350. The zero-order valence-corrected chi connectivity index (χ0v) is 16.0. The van der Waals surface area contributed by atoms with Gasteiger partial charge in [0.05, 0.1) is 12.2 Å². The summed E-state index contributed by atoms with van der Waals surface area (Å²) in [6.07, 6.45) is -7.65. The van der Waals surface area contributed by atoms with Gasteiger partial charge in [0.15, 0.2) is 12.4 Å². The number of ether oxygens (including phenoxy) is 3. The number of aliphatic hydroxyl groups is 4. The van der Waals surface area contributed by atoms with Crippen molar-refractivity contribution in [2.45, 2.75) is 37.3 Å². The van der Waals surface area contributed by atoms with Crippen molar-refractivity contribution in [3.05, 3.63) is 64.7 Å². The number of aliphatic hydroxyl groups excluding tert-OH is 4. The topological polar surface area (TPSA) is 126 Å². The van der Waals surface area contributed by atoms with Gasteiger partial charge in [-0.15, -0.1) is 0 Å². The van der Waals surface area contributed by atoms with E-state index in [0.717, 1.165) is 5.56 Å². The highest BCUT2D eigenvalue weighted by molar-refractivity contribution is 6.31. The normalized spacial score (nSPS) is 26.7. The van der Waals surface area contributed by atoms with Gasteiger partial charge in [-0.05, 0) is 23.8 Å². The molecule has 29 heavy (non-hydrogen) atoms. The quantitative estimate of drug-likeness (QED) is 0.503. The first-order chi connectivity index (χ1) is 13.9. The van der Waals surface area contributed by atoms with Gasteiger partial charge in [0.2, 0.25) is 0 Å². The van der Waals surface area contributed by atoms with E-state index in [0.29, 0.717) is 5.75 Å². The Kier molecular flexibility index (Phi) is 7.07. The Labute approximate surface area is 171 Å². The van der Waals surface area contributed by atoms with Gasteiger partial charge in [-0.25, -0.2) is 4.79 Å². The molecule has 3 rings (SSSR count). The van der Waals surface area contributed by atoms with E-state index in [9.17, 15) is 20.1 Å². The Morgan fingerprint density at radius 2 is 1.79 bits per heavy atom. The van der Waals surface area contributed by atoms with Crippen LogP contribution < -0.4 is 4.74 Å². The van der Waals surface area contributed by atoms with Crippen molar-refractivity contribution < 1.29 is 39.4 Å². The summed E-state index contributed by atoms with van der Waals surface area (Å²) >= 11 is 6.06. The summed E-state index contributed by atoms with van der Waals surface area (Å²) in [7, 11) is 0. The molecule has 5 atom stereocenters. The van der Waals surface area contributed by atoms with Crippen LogP contribution in [0.25, 0.3) is 0 Å². The third-order valence-corrected chi connectivity index (χ3v) is 4.66. The largest absolute Gasteiger partial charge is 0.489 e. The van der Waals surface area contributed by atoms with Crippen molar-refractivity contribution in [3.8, 4) is 5.75 Å². The summed E-state index contributed by atoms with van der Waals surface area (Å²) in [6.45, 7) is -0.356. The smallest absolute Gasteiger partial charge is 0.338 e. The first-order valence-corrected chi connectivity index (χ1v) is 9.25. The second-order valence-electron chi connectivity index (χ2n) is 6.55. The Morgan fingerprint density at radius 3 is 2.48 bits per heavy atom. The van der Waals surface area contributed by atoms with Crippen molar-refractivity contribution in [2.75, 3.05) is 6.61 Å². The number of hydrogen-bond donors (Lipinski definition) is 4. The minimum absolute atomic E-state index is 0.0266. The minimum atomic E-state index is -1.72. The molecular formula is C20H21ClO8. The van der Waals surface area contributed by atoms with Crippen molar-refractivity contribution in [1.82, 2.24) is 0 Å². The van der Waals surface area contributed by atoms with Crippen LogP contribution in [-0.2, 0) is 16.1 Å². The second kappa shape index (κ2) is 9.53. The molecule has 1 aliphatic rings. The van der Waals surface area contributed by atoms with Crippen LogP contribution in [0.2, 0.25) is 5.02 Å². The van der Waals surface area contributed by atoms with Crippen LogP contribution in [0.5, 0.6) is 5.75 Å². The van der Waals surface area contributed by atoms with E-state index in [1.165, 1.54) is 18.2 Å². The van der Waals surface area contributed by atoms with E-state index in [1.807, 2.05) is 30.3 Å². The SMILES string of the molecule is O=C(O[C@H]1C(O)O[C@H](CO)[C@@H](O)[C@@H]1O)c1cc(Cl)cc(OCc2ccccc2)c1. The highest BCUT2D eigenvalue weighted by Gasteiger charge is 2.46. The molecule has 9 heteroatoms. The summed E-state index contributed by atoms with van der Waals surface area (Å²) in [6, 6.07) is 13.7. The maximum Gasteiger partial charge on any atom is 0.338 e. The van der Waals surface area contributed by atoms with Crippen LogP contribution >= 0.6 is 11.6 Å². The maximum absolute atomic E-state index is 12.5. The Morgan fingerprint density at radius 1 is 1.07 bits per heavy atom. The summed E-state index contributed by atoms with van der Waals surface area (Å²) in [5.74, 6) is -0.576. The van der Waals surface area contributed by atoms with E-state index in [1.54, 1.807) is 0 Å². The summed E-state index contributed by atoms with van der Waals surface area (Å²) in [4.78, 5) is 12.5. The number of esters is 1. The summed E-state index contributed by atoms with van der Waals surface area (Å²) in [5.41, 5.74) is 0.952. The molecule has 4 N–H and O–H groups in total. The standard InChI is InChI=1S/C20H21ClO8/c21-13-6-12(7-14(8-13)27-10-11-4-2-1-3-5-11)19(25)29-18-17(24)16(23)15(9-22)28-20(18)26/h1-8,15-18,20,22-24,26H,9-10H2/t15-,16-,17+,18-,20?/m1/s1. The molecule has 2 aromatic carbocycles. The highest BCUT2D eigenvalue weighted by Crippen LogP contribution is 2.26. The van der Waals surface area contributed by atoms with E-state index in [-0.39, 0.29) is 17.2 Å². The fourth-order valence-corrected chi connectivity index (χ4v) is 3.12. The van der Waals surface area contributed by atoms with Gasteiger partial charge in [-0.2, -0.15) is 0 Å². The average molecular weight is 425 g/mol. The van der Waals surface area contributed by atoms with Crippen LogP contribution in [0.15, 0.2) is 48.5 Å². The van der Waals surface area contributed by atoms with E-state index in [4.69, 9.17) is 30.9 Å². The van der Waals surface area contributed by atoms with Crippen molar-refractivity contribution in [1.29, 1.82) is 0 Å². The molecular weight excluding hydrogens is 404 g/mol. The third-order valence-electron chi connectivity index (χ3n) is 4.44. The van der Waals surface area contributed by atoms with E-state index in [2.05, 4.69) is 0 Å². The molecule has 0 aromatic heterocycles. The van der Waals surface area contributed by atoms with Gasteiger partial charge in [-0.3, -0.25) is 0 Å². The van der Waals surface area contributed by atoms with Crippen LogP contribution in [0.1, 0.15) is 15.9 Å². The molecule has 0 saturated carbocycles. The maximum atomic E-state index is 12.5. The molecule has 0 spiro atoms. The van der Waals surface area contributed by atoms with Gasteiger partial charge in [-0.1, -0.05) is 41.9 Å². The summed E-state index contributed by atoms with van der Waals surface area (Å²) < 4.78 is 15.7. The van der Waals surface area contributed by atoms with E-state index < -0.39 is 43.3 Å². The number of halogens is 1. The molecule has 0 amide bonds. The first kappa shape index (κ1) is 21.5. The van der Waals surface area contributed by atoms with Crippen LogP contribution in [0.4, 0.5) is 0 Å². The molecule has 0 bridgehead atoms. The molecule has 1 aliphatic heterocycles. The molecule has 1 fully saturated rings. The second-order valence-corrected chi connectivity index (χ2v) is 6.99. The van der Waals surface area contributed by atoms with Crippen molar-refractivity contribution in [2.24, 2.45) is 0 Å².